The first kappa shape index (κ1) is 40.9. The number of carboxylic acid groups (broad SMARTS) is 2. The van der Waals surface area contributed by atoms with E-state index < -0.39 is 35.7 Å². The van der Waals surface area contributed by atoms with Gasteiger partial charge >= 0.3 is 11.9 Å². The standard InChI is InChI=1S/C43H49ClN4O8/c1-28-9-3-4-10-34(28)35-11-7-13-43(29(35)2,56-16-8-15-48-25-33(49)19-38(48)42(52)53)27-55-40-20-39(54-26-31-17-30(21-45)22-46-23-31)32(18-36(40)44)24-47-14-6-5-12-37(47)41(50)51/h3-4,7,9-11,13,17-18,20,22-23,29,33,37-38,49H,5-6,8,12,14-16,19,24-27H2,1-2H3,(H,50,51)(H,52,53)/t29?,33-,37-,38-,43?/m0/s1. The molecule has 0 saturated carbocycles. The summed E-state index contributed by atoms with van der Waals surface area (Å²) in [7, 11) is 0. The molecule has 2 saturated heterocycles. The van der Waals surface area contributed by atoms with Crippen LogP contribution in [0, 0.1) is 24.2 Å². The third-order valence-electron chi connectivity index (χ3n) is 11.1. The van der Waals surface area contributed by atoms with Gasteiger partial charge in [-0.1, -0.05) is 61.4 Å². The van der Waals surface area contributed by atoms with Crippen molar-refractivity contribution in [2.45, 2.75) is 82.9 Å². The van der Waals surface area contributed by atoms with Gasteiger partial charge in [0, 0.05) is 68.2 Å². The van der Waals surface area contributed by atoms with Gasteiger partial charge in [0.05, 0.1) is 16.7 Å². The van der Waals surface area contributed by atoms with Crippen LogP contribution < -0.4 is 9.47 Å². The zero-order valence-corrected chi connectivity index (χ0v) is 32.5. The molecule has 0 amide bonds. The molecular formula is C43H49ClN4O8. The number of rotatable bonds is 16. The van der Waals surface area contributed by atoms with Gasteiger partial charge in [-0.2, -0.15) is 5.26 Å². The number of aliphatic hydroxyl groups is 1. The van der Waals surface area contributed by atoms with E-state index in [1.165, 1.54) is 6.20 Å². The van der Waals surface area contributed by atoms with Crippen molar-refractivity contribution in [1.29, 1.82) is 5.26 Å². The fraction of sp³-hybridized carbons (Fsp3) is 0.442. The molecule has 2 unspecified atom stereocenters. The summed E-state index contributed by atoms with van der Waals surface area (Å²) >= 11 is 6.96. The van der Waals surface area contributed by atoms with Gasteiger partial charge in [0.25, 0.3) is 0 Å². The average molecular weight is 785 g/mol. The molecule has 2 aromatic carbocycles. The summed E-state index contributed by atoms with van der Waals surface area (Å²) in [6.07, 6.45) is 11.5. The van der Waals surface area contributed by atoms with Gasteiger partial charge in [0.1, 0.15) is 48.5 Å². The summed E-state index contributed by atoms with van der Waals surface area (Å²) in [5.74, 6) is -1.16. The van der Waals surface area contributed by atoms with Gasteiger partial charge in [-0.3, -0.25) is 24.4 Å². The second kappa shape index (κ2) is 18.4. The lowest BCUT2D eigenvalue weighted by Crippen LogP contribution is -2.46. The van der Waals surface area contributed by atoms with Gasteiger partial charge in [-0.25, -0.2) is 0 Å². The predicted molar refractivity (Wildman–Crippen MR) is 210 cm³/mol. The number of likely N-dealkylation sites (tertiary alicyclic amines) is 2. The number of β-amino-alcohol motifs (C(OH)–C–C–N with tert-alkyl or cyclic N) is 1. The van der Waals surface area contributed by atoms with E-state index >= 15 is 0 Å². The number of aliphatic hydroxyl groups excluding tert-OH is 1. The molecule has 0 radical (unpaired) electrons. The second-order valence-corrected chi connectivity index (χ2v) is 15.3. The lowest BCUT2D eigenvalue weighted by atomic mass is 9.76. The monoisotopic (exact) mass is 784 g/mol. The molecule has 12 nitrogen and oxygen atoms in total. The molecule has 56 heavy (non-hydrogen) atoms. The number of ether oxygens (including phenoxy) is 3. The number of hydrogen-bond acceptors (Lipinski definition) is 10. The number of carboxylic acids is 2. The number of aryl methyl sites for hydroxylation is 1. The number of hydrogen-bond donors (Lipinski definition) is 3. The Balaban J connectivity index is 1.26. The molecule has 0 spiro atoms. The van der Waals surface area contributed by atoms with Crippen LogP contribution in [-0.4, -0.2) is 98.7 Å². The highest BCUT2D eigenvalue weighted by Gasteiger charge is 2.41. The van der Waals surface area contributed by atoms with Crippen LogP contribution in [0.5, 0.6) is 11.5 Å². The molecule has 1 aromatic heterocycles. The van der Waals surface area contributed by atoms with Crippen molar-refractivity contribution in [3.8, 4) is 17.6 Å². The van der Waals surface area contributed by atoms with E-state index in [2.05, 4.69) is 43.1 Å². The van der Waals surface area contributed by atoms with Gasteiger partial charge in [0.15, 0.2) is 0 Å². The number of aliphatic carboxylic acids is 2. The predicted octanol–water partition coefficient (Wildman–Crippen LogP) is 6.27. The minimum absolute atomic E-state index is 0.0773. The number of allylic oxidation sites excluding steroid dienone is 2. The molecule has 3 aliphatic rings. The van der Waals surface area contributed by atoms with Gasteiger partial charge in [-0.15, -0.1) is 0 Å². The van der Waals surface area contributed by atoms with Crippen LogP contribution in [0.2, 0.25) is 5.02 Å². The minimum Gasteiger partial charge on any atom is -0.489 e. The van der Waals surface area contributed by atoms with Crippen molar-refractivity contribution in [3.05, 3.63) is 106 Å². The Labute approximate surface area is 332 Å². The maximum Gasteiger partial charge on any atom is 0.321 e. The summed E-state index contributed by atoms with van der Waals surface area (Å²) in [5.41, 5.74) is 4.15. The van der Waals surface area contributed by atoms with E-state index in [1.54, 1.807) is 29.3 Å². The molecule has 5 atom stereocenters. The smallest absolute Gasteiger partial charge is 0.321 e. The highest BCUT2D eigenvalue weighted by atomic mass is 35.5. The van der Waals surface area contributed by atoms with Crippen LogP contribution in [0.3, 0.4) is 0 Å². The Morgan fingerprint density at radius 3 is 2.62 bits per heavy atom. The number of halogens is 1. The Bertz CT molecular complexity index is 2000. The summed E-state index contributed by atoms with van der Waals surface area (Å²) in [5, 5.41) is 39.5. The largest absolute Gasteiger partial charge is 0.489 e. The normalized spacial score (nSPS) is 24.0. The third-order valence-corrected chi connectivity index (χ3v) is 11.4. The van der Waals surface area contributed by atoms with Crippen molar-refractivity contribution in [2.75, 3.05) is 32.8 Å². The quantitative estimate of drug-likeness (QED) is 0.140. The molecule has 0 bridgehead atoms. The molecule has 296 valence electrons. The molecule has 6 rings (SSSR count). The van der Waals surface area contributed by atoms with Crippen LogP contribution in [-0.2, 0) is 27.5 Å². The van der Waals surface area contributed by atoms with E-state index in [0.29, 0.717) is 78.8 Å². The maximum absolute atomic E-state index is 12.2. The number of benzene rings is 2. The maximum atomic E-state index is 12.2. The zero-order valence-electron chi connectivity index (χ0n) is 31.8. The number of carbonyl (C=O) groups is 2. The molecule has 1 aliphatic carbocycles. The molecule has 13 heteroatoms. The average Bonchev–Trinajstić information content (AvgIpc) is 3.57. The molecule has 3 N–H and O–H groups in total. The molecule has 3 aromatic rings. The molecule has 3 heterocycles. The first-order valence-corrected chi connectivity index (χ1v) is 19.5. The van der Waals surface area contributed by atoms with Crippen molar-refractivity contribution in [1.82, 2.24) is 14.8 Å². The Kier molecular flexibility index (Phi) is 13.5. The van der Waals surface area contributed by atoms with Crippen molar-refractivity contribution >= 4 is 29.1 Å². The van der Waals surface area contributed by atoms with Crippen LogP contribution in [0.15, 0.2) is 73.1 Å². The number of aromatic nitrogens is 1. The van der Waals surface area contributed by atoms with Crippen LogP contribution in [0.25, 0.3) is 5.57 Å². The lowest BCUT2D eigenvalue weighted by molar-refractivity contribution is -0.145. The summed E-state index contributed by atoms with van der Waals surface area (Å²) < 4.78 is 19.7. The number of nitriles is 1. The van der Waals surface area contributed by atoms with Gasteiger partial charge in [-0.05, 0) is 67.6 Å². The van der Waals surface area contributed by atoms with Crippen LogP contribution in [0.1, 0.15) is 66.8 Å². The highest BCUT2D eigenvalue weighted by molar-refractivity contribution is 6.32. The van der Waals surface area contributed by atoms with E-state index in [1.807, 2.05) is 29.2 Å². The topological polar surface area (TPSA) is 166 Å². The Morgan fingerprint density at radius 2 is 1.86 bits per heavy atom. The molecular weight excluding hydrogens is 736 g/mol. The summed E-state index contributed by atoms with van der Waals surface area (Å²) in [6.45, 7) is 6.33. The lowest BCUT2D eigenvalue weighted by Gasteiger charge is -2.40. The SMILES string of the molecule is Cc1ccccc1C1=CC=CC(COc2cc(OCc3cncc(C#N)c3)c(CN3CCCC[C@H]3C(=O)O)cc2Cl)(OCCCN2C[C@@H](O)C[C@H]2C(=O)O)C1C. The number of pyridine rings is 1. The highest BCUT2D eigenvalue weighted by Crippen LogP contribution is 2.42. The van der Waals surface area contributed by atoms with Gasteiger partial charge in [0.2, 0.25) is 0 Å². The Hall–Kier alpha value is -4.77. The van der Waals surface area contributed by atoms with E-state index in [0.717, 1.165) is 29.5 Å². The second-order valence-electron chi connectivity index (χ2n) is 14.9. The summed E-state index contributed by atoms with van der Waals surface area (Å²) in [6, 6.07) is 14.1. The van der Waals surface area contributed by atoms with Crippen LogP contribution >= 0.6 is 11.6 Å². The number of piperidine rings is 1. The molecule has 2 fully saturated rings. The zero-order chi connectivity index (χ0) is 39.8. The fourth-order valence-electron chi connectivity index (χ4n) is 7.99. The molecule has 2 aliphatic heterocycles. The minimum atomic E-state index is -0.946. The Morgan fingerprint density at radius 1 is 1.05 bits per heavy atom. The number of nitrogens with zero attached hydrogens (tertiary/aromatic N) is 4. The van der Waals surface area contributed by atoms with Crippen molar-refractivity contribution in [2.24, 2.45) is 5.92 Å². The van der Waals surface area contributed by atoms with Crippen LogP contribution in [0.4, 0.5) is 0 Å². The summed E-state index contributed by atoms with van der Waals surface area (Å²) in [4.78, 5) is 31.9. The van der Waals surface area contributed by atoms with Crippen molar-refractivity contribution < 1.29 is 39.1 Å². The van der Waals surface area contributed by atoms with Gasteiger partial charge < -0.3 is 29.5 Å². The first-order valence-electron chi connectivity index (χ1n) is 19.1. The van der Waals surface area contributed by atoms with E-state index in [-0.39, 0.29) is 25.6 Å². The van der Waals surface area contributed by atoms with E-state index in [4.69, 9.17) is 25.8 Å². The van der Waals surface area contributed by atoms with Crippen molar-refractivity contribution in [3.63, 3.8) is 0 Å². The fourth-order valence-corrected chi connectivity index (χ4v) is 8.23. The van der Waals surface area contributed by atoms with E-state index in [9.17, 15) is 30.2 Å². The first-order chi connectivity index (χ1) is 27.0. The third kappa shape index (κ3) is 9.60.